The van der Waals surface area contributed by atoms with Crippen molar-refractivity contribution in [3.8, 4) is 0 Å². The van der Waals surface area contributed by atoms with Gasteiger partial charge in [-0.05, 0) is 7.05 Å². The van der Waals surface area contributed by atoms with Gasteiger partial charge in [0.1, 0.15) is 0 Å². The van der Waals surface area contributed by atoms with Gasteiger partial charge >= 0.3 is 0 Å². The number of rotatable bonds is 3. The normalized spacial score (nSPS) is 22.8. The van der Waals surface area contributed by atoms with Crippen molar-refractivity contribution in [1.82, 2.24) is 10.2 Å². The molecule has 0 fully saturated rings. The highest BCUT2D eigenvalue weighted by molar-refractivity contribution is 8.17. The molecule has 0 aliphatic carbocycles. The van der Waals surface area contributed by atoms with E-state index in [2.05, 4.69) is 15.2 Å². The van der Waals surface area contributed by atoms with Crippen LogP contribution in [0.4, 0.5) is 0 Å². The standard InChI is InChI=1S/C8H13N3OS/c1-9-4-6(12)7-5-11-3-2-10-8(11)13-7/h5-6,9,12H,2-4H2,1H3. The summed E-state index contributed by atoms with van der Waals surface area (Å²) in [5, 5.41) is 13.7. The third-order valence-corrected chi connectivity index (χ3v) is 3.21. The summed E-state index contributed by atoms with van der Waals surface area (Å²) in [5.41, 5.74) is 0. The molecule has 0 aromatic heterocycles. The molecule has 0 amide bonds. The van der Waals surface area contributed by atoms with E-state index in [0.717, 1.165) is 23.2 Å². The lowest BCUT2D eigenvalue weighted by atomic mass is 10.3. The van der Waals surface area contributed by atoms with Crippen LogP contribution in [0.3, 0.4) is 0 Å². The van der Waals surface area contributed by atoms with Crippen LogP contribution in [0.1, 0.15) is 0 Å². The van der Waals surface area contributed by atoms with E-state index < -0.39 is 6.10 Å². The Balaban J connectivity index is 2.00. The second-order valence-electron chi connectivity index (χ2n) is 3.06. The lowest BCUT2D eigenvalue weighted by Crippen LogP contribution is -2.24. The lowest BCUT2D eigenvalue weighted by molar-refractivity contribution is 0.218. The highest BCUT2D eigenvalue weighted by Crippen LogP contribution is 2.32. The van der Waals surface area contributed by atoms with E-state index >= 15 is 0 Å². The van der Waals surface area contributed by atoms with E-state index in [1.807, 2.05) is 13.2 Å². The monoisotopic (exact) mass is 199 g/mol. The van der Waals surface area contributed by atoms with Gasteiger partial charge in [-0.25, -0.2) is 0 Å². The Morgan fingerprint density at radius 1 is 1.85 bits per heavy atom. The first-order valence-electron chi connectivity index (χ1n) is 4.34. The molecular weight excluding hydrogens is 186 g/mol. The minimum Gasteiger partial charge on any atom is -0.386 e. The zero-order valence-corrected chi connectivity index (χ0v) is 8.34. The van der Waals surface area contributed by atoms with Gasteiger partial charge in [0.05, 0.1) is 12.6 Å². The lowest BCUT2D eigenvalue weighted by Gasteiger charge is -2.08. The molecule has 2 aliphatic heterocycles. The average Bonchev–Trinajstić information content (AvgIpc) is 2.61. The van der Waals surface area contributed by atoms with Crippen LogP contribution in [0.5, 0.6) is 0 Å². The van der Waals surface area contributed by atoms with E-state index in [1.54, 1.807) is 11.8 Å². The highest BCUT2D eigenvalue weighted by atomic mass is 32.2. The minimum absolute atomic E-state index is 0.400. The second-order valence-corrected chi connectivity index (χ2v) is 4.11. The largest absolute Gasteiger partial charge is 0.386 e. The molecule has 2 aliphatic rings. The molecule has 1 unspecified atom stereocenters. The van der Waals surface area contributed by atoms with Gasteiger partial charge in [-0.2, -0.15) is 0 Å². The van der Waals surface area contributed by atoms with Gasteiger partial charge in [0.25, 0.3) is 0 Å². The first kappa shape index (κ1) is 9.05. The summed E-state index contributed by atoms with van der Waals surface area (Å²) in [5.74, 6) is 0. The van der Waals surface area contributed by atoms with Gasteiger partial charge < -0.3 is 15.3 Å². The van der Waals surface area contributed by atoms with Crippen molar-refractivity contribution in [3.63, 3.8) is 0 Å². The fraction of sp³-hybridized carbons (Fsp3) is 0.625. The van der Waals surface area contributed by atoms with E-state index in [9.17, 15) is 5.11 Å². The van der Waals surface area contributed by atoms with Gasteiger partial charge in [0.2, 0.25) is 0 Å². The fourth-order valence-corrected chi connectivity index (χ4v) is 2.41. The number of fused-ring (bicyclic) bond motifs is 1. The van der Waals surface area contributed by atoms with Crippen molar-refractivity contribution in [2.24, 2.45) is 4.99 Å². The maximum Gasteiger partial charge on any atom is 0.168 e. The van der Waals surface area contributed by atoms with Crippen LogP contribution in [-0.4, -0.2) is 48.0 Å². The van der Waals surface area contributed by atoms with E-state index in [-0.39, 0.29) is 0 Å². The summed E-state index contributed by atoms with van der Waals surface area (Å²) >= 11 is 1.58. The van der Waals surface area contributed by atoms with Crippen molar-refractivity contribution in [1.29, 1.82) is 0 Å². The molecule has 13 heavy (non-hydrogen) atoms. The smallest absolute Gasteiger partial charge is 0.168 e. The first-order chi connectivity index (χ1) is 6.31. The molecule has 1 atom stereocenters. The quantitative estimate of drug-likeness (QED) is 0.662. The summed E-state index contributed by atoms with van der Waals surface area (Å²) in [6, 6.07) is 0. The molecule has 2 heterocycles. The zero-order valence-electron chi connectivity index (χ0n) is 7.53. The van der Waals surface area contributed by atoms with E-state index in [0.29, 0.717) is 6.54 Å². The number of amidine groups is 1. The molecular formula is C8H13N3OS. The first-order valence-corrected chi connectivity index (χ1v) is 5.16. The Morgan fingerprint density at radius 2 is 2.69 bits per heavy atom. The summed E-state index contributed by atoms with van der Waals surface area (Å²) in [7, 11) is 1.84. The molecule has 0 saturated carbocycles. The maximum atomic E-state index is 9.67. The Kier molecular flexibility index (Phi) is 2.57. The molecule has 2 rings (SSSR count). The van der Waals surface area contributed by atoms with Crippen LogP contribution in [0.25, 0.3) is 0 Å². The molecule has 0 saturated heterocycles. The number of aliphatic hydroxyl groups excluding tert-OH is 1. The fourth-order valence-electron chi connectivity index (χ4n) is 1.38. The van der Waals surface area contributed by atoms with Crippen LogP contribution in [0, 0.1) is 0 Å². The summed E-state index contributed by atoms with van der Waals surface area (Å²) in [4.78, 5) is 7.40. The molecule has 5 heteroatoms. The summed E-state index contributed by atoms with van der Waals surface area (Å²) in [6.07, 6.45) is 1.60. The molecule has 2 N–H and O–H groups in total. The molecule has 72 valence electrons. The van der Waals surface area contributed by atoms with Crippen LogP contribution in [-0.2, 0) is 0 Å². The maximum absolute atomic E-state index is 9.67. The number of nitrogens with zero attached hydrogens (tertiary/aromatic N) is 2. The molecule has 0 radical (unpaired) electrons. The van der Waals surface area contributed by atoms with Gasteiger partial charge in [-0.15, -0.1) is 0 Å². The van der Waals surface area contributed by atoms with Crippen molar-refractivity contribution >= 4 is 16.9 Å². The number of hydrogen-bond acceptors (Lipinski definition) is 5. The van der Waals surface area contributed by atoms with Gasteiger partial charge in [0.15, 0.2) is 5.17 Å². The van der Waals surface area contributed by atoms with Crippen LogP contribution >= 0.6 is 11.8 Å². The van der Waals surface area contributed by atoms with Crippen molar-refractivity contribution in [2.75, 3.05) is 26.7 Å². The van der Waals surface area contributed by atoms with Crippen LogP contribution in [0.2, 0.25) is 0 Å². The van der Waals surface area contributed by atoms with E-state index in [4.69, 9.17) is 0 Å². The van der Waals surface area contributed by atoms with Crippen molar-refractivity contribution in [3.05, 3.63) is 11.1 Å². The highest BCUT2D eigenvalue weighted by Gasteiger charge is 2.27. The van der Waals surface area contributed by atoms with Gasteiger partial charge in [-0.1, -0.05) is 11.8 Å². The SMILES string of the molecule is CNCC(O)C1=CN2CCN=C2S1. The van der Waals surface area contributed by atoms with E-state index in [1.165, 1.54) is 0 Å². The van der Waals surface area contributed by atoms with Gasteiger partial charge in [0, 0.05) is 24.2 Å². The summed E-state index contributed by atoms with van der Waals surface area (Å²) < 4.78 is 0. The zero-order chi connectivity index (χ0) is 9.26. The number of thioether (sulfide) groups is 1. The van der Waals surface area contributed by atoms with Crippen molar-refractivity contribution in [2.45, 2.75) is 6.10 Å². The number of hydrogen-bond donors (Lipinski definition) is 2. The van der Waals surface area contributed by atoms with Gasteiger partial charge in [-0.3, -0.25) is 4.99 Å². The van der Waals surface area contributed by atoms with Crippen molar-refractivity contribution < 1.29 is 5.11 Å². The number of aliphatic hydroxyl groups is 1. The number of likely N-dealkylation sites (N-methyl/N-ethyl adjacent to an activating group) is 1. The Bertz CT molecular complexity index is 264. The predicted octanol–water partition coefficient (Wildman–Crippen LogP) is -0.173. The predicted molar refractivity (Wildman–Crippen MR) is 54.6 cm³/mol. The Labute approximate surface area is 81.7 Å². The summed E-state index contributed by atoms with van der Waals surface area (Å²) in [6.45, 7) is 2.44. The minimum atomic E-state index is -0.400. The Morgan fingerprint density at radius 3 is 3.38 bits per heavy atom. The number of aliphatic imine (C=N–C) groups is 1. The van der Waals surface area contributed by atoms with Crippen LogP contribution in [0.15, 0.2) is 16.1 Å². The molecule has 0 aromatic rings. The second kappa shape index (κ2) is 3.69. The molecule has 4 nitrogen and oxygen atoms in total. The molecule has 0 spiro atoms. The average molecular weight is 199 g/mol. The number of nitrogens with one attached hydrogen (secondary N) is 1. The molecule has 0 bridgehead atoms. The third kappa shape index (κ3) is 1.72. The molecule has 0 aromatic carbocycles. The third-order valence-electron chi connectivity index (χ3n) is 2.05. The van der Waals surface area contributed by atoms with Crippen LogP contribution < -0.4 is 5.32 Å². The topological polar surface area (TPSA) is 47.9 Å². The Hall–Kier alpha value is -0.520.